The molecule has 0 unspecified atom stereocenters. The summed E-state index contributed by atoms with van der Waals surface area (Å²) < 4.78 is 4.84. The molecular weight excluding hydrogens is 419 g/mol. The van der Waals surface area contributed by atoms with E-state index < -0.39 is 16.8 Å². The lowest BCUT2D eigenvalue weighted by Gasteiger charge is -2.17. The largest absolute Gasteiger partial charge is 0.465 e. The molecule has 0 fully saturated rings. The van der Waals surface area contributed by atoms with Gasteiger partial charge in [-0.3, -0.25) is 19.8 Å². The summed E-state index contributed by atoms with van der Waals surface area (Å²) in [6.07, 6.45) is 1.44. The molecule has 0 aromatic heterocycles. The van der Waals surface area contributed by atoms with Crippen LogP contribution < -0.4 is 4.90 Å². The molecule has 0 bridgehead atoms. The Morgan fingerprint density at radius 3 is 2.24 bits per heavy atom. The number of esters is 1. The Balaban J connectivity index is 2.16. The first kappa shape index (κ1) is 20.6. The van der Waals surface area contributed by atoms with Gasteiger partial charge in [0.05, 0.1) is 23.2 Å². The molecule has 0 N–H and O–H groups in total. The maximum Gasteiger partial charge on any atom is 0.340 e. The Labute approximate surface area is 175 Å². The van der Waals surface area contributed by atoms with Gasteiger partial charge in [-0.15, -0.1) is 0 Å². The lowest BCUT2D eigenvalue weighted by Crippen LogP contribution is -2.24. The van der Waals surface area contributed by atoms with E-state index in [1.54, 1.807) is 25.1 Å². The molecule has 2 aromatic rings. The van der Waals surface area contributed by atoms with Crippen molar-refractivity contribution in [1.82, 2.24) is 0 Å². The number of nitrogens with zero attached hydrogens (tertiary/aromatic N) is 2. The summed E-state index contributed by atoms with van der Waals surface area (Å²) in [5.41, 5.74) is 1.08. The maximum atomic E-state index is 13.2. The number of amides is 1. The molecule has 29 heavy (non-hydrogen) atoms. The van der Waals surface area contributed by atoms with Gasteiger partial charge in [-0.1, -0.05) is 29.3 Å². The molecule has 148 valence electrons. The van der Waals surface area contributed by atoms with Crippen molar-refractivity contribution in [2.45, 2.75) is 6.92 Å². The van der Waals surface area contributed by atoms with Gasteiger partial charge in [0.1, 0.15) is 0 Å². The van der Waals surface area contributed by atoms with E-state index in [1.807, 2.05) is 0 Å². The zero-order chi connectivity index (χ0) is 21.3. The van der Waals surface area contributed by atoms with Crippen molar-refractivity contribution in [3.05, 3.63) is 85.0 Å². The summed E-state index contributed by atoms with van der Waals surface area (Å²) in [5.74, 6) is -1.21. The number of nitro benzene ring substituents is 1. The summed E-state index contributed by atoms with van der Waals surface area (Å²) in [5, 5.41) is 11.5. The van der Waals surface area contributed by atoms with Crippen LogP contribution in [0.1, 0.15) is 12.5 Å². The van der Waals surface area contributed by atoms with Gasteiger partial charge < -0.3 is 4.74 Å². The van der Waals surface area contributed by atoms with Crippen molar-refractivity contribution < 1.29 is 19.2 Å². The van der Waals surface area contributed by atoms with Gasteiger partial charge in [-0.2, -0.15) is 0 Å². The number of carbonyl (C=O) groups is 2. The van der Waals surface area contributed by atoms with Crippen molar-refractivity contribution in [2.24, 2.45) is 0 Å². The van der Waals surface area contributed by atoms with Gasteiger partial charge in [-0.25, -0.2) is 4.79 Å². The van der Waals surface area contributed by atoms with Gasteiger partial charge in [0.15, 0.2) is 0 Å². The molecule has 0 spiro atoms. The van der Waals surface area contributed by atoms with E-state index in [4.69, 9.17) is 27.9 Å². The fourth-order valence-electron chi connectivity index (χ4n) is 3.01. The number of non-ortho nitro benzene ring substituents is 1. The molecule has 2 aromatic carbocycles. The van der Waals surface area contributed by atoms with Crippen LogP contribution in [0.5, 0.6) is 0 Å². The third kappa shape index (κ3) is 3.74. The molecule has 0 aliphatic carbocycles. The third-order valence-corrected chi connectivity index (χ3v) is 5.06. The van der Waals surface area contributed by atoms with Crippen LogP contribution in [0.15, 0.2) is 59.3 Å². The van der Waals surface area contributed by atoms with E-state index in [9.17, 15) is 19.7 Å². The molecule has 3 rings (SSSR count). The molecule has 1 aliphatic rings. The molecule has 0 saturated heterocycles. The molecule has 1 heterocycles. The first-order valence-electron chi connectivity index (χ1n) is 8.30. The van der Waals surface area contributed by atoms with Crippen LogP contribution in [0.4, 0.5) is 11.4 Å². The number of carbonyl (C=O) groups excluding carboxylic acids is 2. The Kier molecular flexibility index (Phi) is 5.72. The minimum Gasteiger partial charge on any atom is -0.465 e. The smallest absolute Gasteiger partial charge is 0.340 e. The summed E-state index contributed by atoms with van der Waals surface area (Å²) >= 11 is 12.4. The quantitative estimate of drug-likeness (QED) is 0.300. The standard InChI is InChI=1S/C20H14Cl2N2O5/c1-11-18(20(26)29-2)15(10-14-16(21)4-3-5-17(14)22)19(25)23(11)12-6-8-13(9-7-12)24(27)28/h3-10H,1-2H3/b15-10-. The number of hydrogen-bond acceptors (Lipinski definition) is 5. The number of nitro groups is 1. The number of benzene rings is 2. The highest BCUT2D eigenvalue weighted by molar-refractivity contribution is 6.37. The number of ether oxygens (including phenoxy) is 1. The van der Waals surface area contributed by atoms with Crippen molar-refractivity contribution in [3.63, 3.8) is 0 Å². The van der Waals surface area contributed by atoms with E-state index in [0.29, 0.717) is 27.0 Å². The Morgan fingerprint density at radius 1 is 1.14 bits per heavy atom. The minimum atomic E-state index is -0.699. The van der Waals surface area contributed by atoms with Crippen LogP contribution in [0.25, 0.3) is 6.08 Å². The zero-order valence-electron chi connectivity index (χ0n) is 15.3. The van der Waals surface area contributed by atoms with Gasteiger partial charge >= 0.3 is 5.97 Å². The molecule has 9 heteroatoms. The monoisotopic (exact) mass is 432 g/mol. The lowest BCUT2D eigenvalue weighted by atomic mass is 10.0. The Bertz CT molecular complexity index is 1070. The van der Waals surface area contributed by atoms with Crippen molar-refractivity contribution in [1.29, 1.82) is 0 Å². The van der Waals surface area contributed by atoms with Crippen LogP contribution in [-0.4, -0.2) is 23.9 Å². The van der Waals surface area contributed by atoms with Gasteiger partial charge in [0, 0.05) is 39.1 Å². The molecule has 0 saturated carbocycles. The van der Waals surface area contributed by atoms with Gasteiger partial charge in [-0.05, 0) is 37.3 Å². The molecule has 7 nitrogen and oxygen atoms in total. The molecule has 1 amide bonds. The van der Waals surface area contributed by atoms with Crippen LogP contribution >= 0.6 is 23.2 Å². The minimum absolute atomic E-state index is 0.0581. The van der Waals surface area contributed by atoms with Crippen LogP contribution in [0.2, 0.25) is 10.0 Å². The summed E-state index contributed by atoms with van der Waals surface area (Å²) in [7, 11) is 1.21. The van der Waals surface area contributed by atoms with E-state index >= 15 is 0 Å². The van der Waals surface area contributed by atoms with E-state index in [-0.39, 0.29) is 16.8 Å². The Morgan fingerprint density at radius 2 is 1.72 bits per heavy atom. The fraction of sp³-hybridized carbons (Fsp3) is 0.100. The summed E-state index contributed by atoms with van der Waals surface area (Å²) in [6.45, 7) is 1.58. The topological polar surface area (TPSA) is 89.8 Å². The van der Waals surface area contributed by atoms with E-state index in [1.165, 1.54) is 42.4 Å². The predicted molar refractivity (Wildman–Crippen MR) is 110 cm³/mol. The maximum absolute atomic E-state index is 13.2. The van der Waals surface area contributed by atoms with Gasteiger partial charge in [0.2, 0.25) is 0 Å². The summed E-state index contributed by atoms with van der Waals surface area (Å²) in [6, 6.07) is 10.3. The highest BCUT2D eigenvalue weighted by atomic mass is 35.5. The third-order valence-electron chi connectivity index (χ3n) is 4.40. The van der Waals surface area contributed by atoms with Crippen LogP contribution in [0, 0.1) is 10.1 Å². The van der Waals surface area contributed by atoms with E-state index in [2.05, 4.69) is 0 Å². The second-order valence-electron chi connectivity index (χ2n) is 6.06. The number of methoxy groups -OCH3 is 1. The number of anilines is 1. The van der Waals surface area contributed by atoms with Crippen LogP contribution in [0.3, 0.4) is 0 Å². The van der Waals surface area contributed by atoms with Crippen molar-refractivity contribution in [3.8, 4) is 0 Å². The number of allylic oxidation sites excluding steroid dienone is 1. The molecule has 1 aliphatic heterocycles. The Hall–Kier alpha value is -3.16. The first-order chi connectivity index (χ1) is 13.8. The van der Waals surface area contributed by atoms with Gasteiger partial charge in [0.25, 0.3) is 11.6 Å². The average Bonchev–Trinajstić information content (AvgIpc) is 2.94. The normalized spacial score (nSPS) is 15.2. The lowest BCUT2D eigenvalue weighted by molar-refractivity contribution is -0.384. The SMILES string of the molecule is COC(=O)C1=C(C)N(c2ccc([N+](=O)[O-])cc2)C(=O)/C1=C\c1c(Cl)cccc1Cl. The zero-order valence-corrected chi connectivity index (χ0v) is 16.8. The number of rotatable bonds is 4. The van der Waals surface area contributed by atoms with E-state index in [0.717, 1.165) is 0 Å². The second kappa shape index (κ2) is 8.06. The highest BCUT2D eigenvalue weighted by Gasteiger charge is 2.38. The van der Waals surface area contributed by atoms with Crippen molar-refractivity contribution in [2.75, 3.05) is 12.0 Å². The first-order valence-corrected chi connectivity index (χ1v) is 9.06. The fourth-order valence-corrected chi connectivity index (χ4v) is 3.51. The van der Waals surface area contributed by atoms with Crippen molar-refractivity contribution >= 4 is 52.5 Å². The highest BCUT2D eigenvalue weighted by Crippen LogP contribution is 2.37. The molecule has 0 radical (unpaired) electrons. The number of hydrogen-bond donors (Lipinski definition) is 0. The molecule has 0 atom stereocenters. The average molecular weight is 433 g/mol. The molecular formula is C20H14Cl2N2O5. The predicted octanol–water partition coefficient (Wildman–Crippen LogP) is 4.78. The number of halogens is 2. The van der Waals surface area contributed by atoms with Crippen LogP contribution in [-0.2, 0) is 14.3 Å². The second-order valence-corrected chi connectivity index (χ2v) is 6.87. The summed E-state index contributed by atoms with van der Waals surface area (Å²) in [4.78, 5) is 37.2.